The average molecular weight is 197 g/mol. The van der Waals surface area contributed by atoms with Gasteiger partial charge in [0, 0.05) is 5.69 Å². The fourth-order valence-electron chi connectivity index (χ4n) is 0.839. The molecular weight excluding hydrogens is 190 g/mol. The van der Waals surface area contributed by atoms with E-state index < -0.39 is 10.0 Å². The molecule has 4 N–H and O–H groups in total. The molecule has 0 aliphatic heterocycles. The number of nitrogens with two attached hydrogens (primary N) is 2. The van der Waals surface area contributed by atoms with Crippen LogP contribution in [0.25, 0.3) is 4.85 Å². The Hall–Kier alpha value is -1.58. The van der Waals surface area contributed by atoms with Crippen LogP contribution in [-0.2, 0) is 10.0 Å². The van der Waals surface area contributed by atoms with Crippen molar-refractivity contribution < 1.29 is 8.42 Å². The summed E-state index contributed by atoms with van der Waals surface area (Å²) in [7, 11) is -3.83. The first-order valence-electron chi connectivity index (χ1n) is 3.25. The highest BCUT2D eigenvalue weighted by Crippen LogP contribution is 2.22. The van der Waals surface area contributed by atoms with Gasteiger partial charge < -0.3 is 5.73 Å². The highest BCUT2D eigenvalue weighted by molar-refractivity contribution is 7.89. The molecule has 13 heavy (non-hydrogen) atoms. The number of primary sulfonamides is 1. The summed E-state index contributed by atoms with van der Waals surface area (Å²) in [6.07, 6.45) is 0. The smallest absolute Gasteiger partial charge is 0.238 e. The molecule has 0 saturated carbocycles. The molecule has 0 aliphatic carbocycles. The van der Waals surface area contributed by atoms with E-state index in [-0.39, 0.29) is 16.3 Å². The van der Waals surface area contributed by atoms with E-state index in [0.717, 1.165) is 6.07 Å². The fraction of sp³-hybridized carbons (Fsp3) is 0. The van der Waals surface area contributed by atoms with Crippen LogP contribution < -0.4 is 10.9 Å². The van der Waals surface area contributed by atoms with Gasteiger partial charge in [0.2, 0.25) is 10.0 Å². The first-order valence-corrected chi connectivity index (χ1v) is 4.79. The van der Waals surface area contributed by atoms with Gasteiger partial charge in [0.25, 0.3) is 0 Å². The minimum atomic E-state index is -3.83. The molecule has 1 rings (SSSR count). The van der Waals surface area contributed by atoms with Crippen LogP contribution in [0.5, 0.6) is 0 Å². The predicted molar refractivity (Wildman–Crippen MR) is 48.5 cm³/mol. The Morgan fingerprint density at radius 3 is 2.46 bits per heavy atom. The van der Waals surface area contributed by atoms with Crippen molar-refractivity contribution in [2.45, 2.75) is 4.90 Å². The lowest BCUT2D eigenvalue weighted by Gasteiger charge is -2.02. The number of hydrogen-bond donors (Lipinski definition) is 2. The number of benzene rings is 1. The van der Waals surface area contributed by atoms with Crippen molar-refractivity contribution in [2.75, 3.05) is 5.73 Å². The zero-order valence-electron chi connectivity index (χ0n) is 6.56. The van der Waals surface area contributed by atoms with E-state index >= 15 is 0 Å². The maximum atomic E-state index is 10.9. The van der Waals surface area contributed by atoms with Crippen LogP contribution >= 0.6 is 0 Å². The summed E-state index contributed by atoms with van der Waals surface area (Å²) < 4.78 is 21.8. The van der Waals surface area contributed by atoms with Crippen molar-refractivity contribution in [1.82, 2.24) is 0 Å². The Bertz CT molecular complexity index is 473. The van der Waals surface area contributed by atoms with Crippen LogP contribution in [0.3, 0.4) is 0 Å². The van der Waals surface area contributed by atoms with E-state index in [0.29, 0.717) is 0 Å². The van der Waals surface area contributed by atoms with E-state index in [9.17, 15) is 8.42 Å². The summed E-state index contributed by atoms with van der Waals surface area (Å²) >= 11 is 0. The third-order valence-corrected chi connectivity index (χ3v) is 2.40. The molecule has 0 aromatic heterocycles. The van der Waals surface area contributed by atoms with Gasteiger partial charge in [-0.15, -0.1) is 0 Å². The summed E-state index contributed by atoms with van der Waals surface area (Å²) in [6.45, 7) is 6.66. The Labute approximate surface area is 75.8 Å². The molecule has 0 fully saturated rings. The summed E-state index contributed by atoms with van der Waals surface area (Å²) in [4.78, 5) is 2.85. The maximum absolute atomic E-state index is 10.9. The molecular formula is C7H7N3O2S. The summed E-state index contributed by atoms with van der Waals surface area (Å²) in [5.41, 5.74) is 5.61. The quantitative estimate of drug-likeness (QED) is 0.506. The molecule has 6 heteroatoms. The Balaban J connectivity index is 3.47. The number of sulfonamides is 1. The minimum Gasteiger partial charge on any atom is -0.398 e. The second kappa shape index (κ2) is 3.05. The van der Waals surface area contributed by atoms with Crippen LogP contribution in [0.2, 0.25) is 0 Å². The molecule has 0 radical (unpaired) electrons. The average Bonchev–Trinajstić information content (AvgIpc) is 2.03. The third-order valence-electron chi connectivity index (χ3n) is 1.43. The molecule has 1 aromatic rings. The highest BCUT2D eigenvalue weighted by atomic mass is 32.2. The lowest BCUT2D eigenvalue weighted by atomic mass is 10.3. The summed E-state index contributed by atoms with van der Waals surface area (Å²) in [6, 6.07) is 3.92. The monoisotopic (exact) mass is 197 g/mol. The zero-order chi connectivity index (χ0) is 10.1. The second-order valence-electron chi connectivity index (χ2n) is 2.38. The van der Waals surface area contributed by atoms with E-state index in [1.807, 2.05) is 0 Å². The fourth-order valence-corrected chi connectivity index (χ4v) is 1.52. The zero-order valence-corrected chi connectivity index (χ0v) is 7.38. The first kappa shape index (κ1) is 9.51. The Morgan fingerprint density at radius 2 is 2.00 bits per heavy atom. The van der Waals surface area contributed by atoms with Gasteiger partial charge in [-0.1, -0.05) is 6.07 Å². The molecule has 0 saturated heterocycles. The SMILES string of the molecule is [C-]#[N+]c1ccc(N)c(S(N)(=O)=O)c1. The van der Waals surface area contributed by atoms with Crippen LogP contribution in [0, 0.1) is 6.57 Å². The normalized spacial score (nSPS) is 10.8. The van der Waals surface area contributed by atoms with Gasteiger partial charge in [-0.25, -0.2) is 18.4 Å². The molecule has 68 valence electrons. The van der Waals surface area contributed by atoms with Crippen LogP contribution in [-0.4, -0.2) is 8.42 Å². The van der Waals surface area contributed by atoms with E-state index in [4.69, 9.17) is 17.4 Å². The van der Waals surface area contributed by atoms with Gasteiger partial charge in [0.1, 0.15) is 0 Å². The Kier molecular flexibility index (Phi) is 2.23. The lowest BCUT2D eigenvalue weighted by Crippen LogP contribution is -2.13. The molecule has 1 aromatic carbocycles. The van der Waals surface area contributed by atoms with Crippen molar-refractivity contribution in [3.05, 3.63) is 29.6 Å². The standard InChI is InChI=1S/C7H7N3O2S/c1-10-5-2-3-6(8)7(4-5)13(9,11)12/h2-4H,8H2,(H2,9,11,12). The van der Waals surface area contributed by atoms with Crippen molar-refractivity contribution in [3.8, 4) is 0 Å². The molecule has 0 spiro atoms. The summed E-state index contributed by atoms with van der Waals surface area (Å²) in [5, 5.41) is 4.87. The second-order valence-corrected chi connectivity index (χ2v) is 3.91. The third kappa shape index (κ3) is 1.96. The number of rotatable bonds is 1. The van der Waals surface area contributed by atoms with Crippen LogP contribution in [0.15, 0.2) is 23.1 Å². The molecule has 0 heterocycles. The van der Waals surface area contributed by atoms with Gasteiger partial charge in [0.05, 0.1) is 11.5 Å². The lowest BCUT2D eigenvalue weighted by molar-refractivity contribution is 0.598. The molecule has 0 aliphatic rings. The van der Waals surface area contributed by atoms with Gasteiger partial charge in [-0.3, -0.25) is 0 Å². The number of anilines is 1. The van der Waals surface area contributed by atoms with Gasteiger partial charge in [-0.05, 0) is 12.1 Å². The predicted octanol–water partition coefficient (Wildman–Crippen LogP) is 0.467. The van der Waals surface area contributed by atoms with E-state index in [1.54, 1.807) is 0 Å². The van der Waals surface area contributed by atoms with Crippen molar-refractivity contribution >= 4 is 21.4 Å². The van der Waals surface area contributed by atoms with Gasteiger partial charge >= 0.3 is 0 Å². The van der Waals surface area contributed by atoms with E-state index in [1.165, 1.54) is 12.1 Å². The van der Waals surface area contributed by atoms with Crippen molar-refractivity contribution in [2.24, 2.45) is 5.14 Å². The molecule has 0 bridgehead atoms. The molecule has 0 unspecified atom stereocenters. The number of hydrogen-bond acceptors (Lipinski definition) is 3. The Morgan fingerprint density at radius 1 is 1.38 bits per heavy atom. The van der Waals surface area contributed by atoms with Crippen molar-refractivity contribution in [3.63, 3.8) is 0 Å². The largest absolute Gasteiger partial charge is 0.398 e. The minimum absolute atomic E-state index is 0.0508. The molecule has 0 amide bonds. The topological polar surface area (TPSA) is 90.5 Å². The molecule has 5 nitrogen and oxygen atoms in total. The van der Waals surface area contributed by atoms with E-state index in [2.05, 4.69) is 4.85 Å². The highest BCUT2D eigenvalue weighted by Gasteiger charge is 2.12. The van der Waals surface area contributed by atoms with Gasteiger partial charge in [0.15, 0.2) is 5.69 Å². The molecule has 0 atom stereocenters. The van der Waals surface area contributed by atoms with Crippen LogP contribution in [0.1, 0.15) is 0 Å². The summed E-state index contributed by atoms with van der Waals surface area (Å²) in [5.74, 6) is 0. The van der Waals surface area contributed by atoms with Crippen LogP contribution in [0.4, 0.5) is 11.4 Å². The number of nitrogens with zero attached hydrogens (tertiary/aromatic N) is 1. The van der Waals surface area contributed by atoms with Gasteiger partial charge in [-0.2, -0.15) is 0 Å². The first-order chi connectivity index (χ1) is 5.95. The number of nitrogen functional groups attached to an aromatic ring is 1. The van der Waals surface area contributed by atoms with Crippen molar-refractivity contribution in [1.29, 1.82) is 0 Å². The maximum Gasteiger partial charge on any atom is 0.238 e.